The van der Waals surface area contributed by atoms with E-state index in [2.05, 4.69) is 0 Å². The standard InChI is InChI=1S/C14H8BF7/c1-4-6(16)3-7(17)8(10(4)18)15-9-13(21)11(19)5(2)12(20)14(9)22/h3,15H,1-2H3. The van der Waals surface area contributed by atoms with Crippen LogP contribution in [0.2, 0.25) is 0 Å². The van der Waals surface area contributed by atoms with E-state index in [-0.39, 0.29) is 0 Å². The summed E-state index contributed by atoms with van der Waals surface area (Å²) < 4.78 is 95.0. The van der Waals surface area contributed by atoms with Crippen molar-refractivity contribution in [2.45, 2.75) is 13.8 Å². The molecule has 0 atom stereocenters. The second-order valence-corrected chi connectivity index (χ2v) is 4.79. The SMILES string of the molecule is Cc1c(F)c(F)c(Bc2c(F)cc(F)c(C)c2F)c(F)c1F. The van der Waals surface area contributed by atoms with Crippen LogP contribution in [-0.2, 0) is 0 Å². The molecule has 8 heteroatoms. The van der Waals surface area contributed by atoms with Crippen LogP contribution < -0.4 is 10.9 Å². The Bertz CT molecular complexity index is 742. The van der Waals surface area contributed by atoms with Crippen LogP contribution in [0.3, 0.4) is 0 Å². The molecule has 2 rings (SSSR count). The van der Waals surface area contributed by atoms with Gasteiger partial charge in [0.1, 0.15) is 17.5 Å². The summed E-state index contributed by atoms with van der Waals surface area (Å²) in [5.74, 6) is -10.7. The van der Waals surface area contributed by atoms with Crippen LogP contribution in [0.5, 0.6) is 0 Å². The van der Waals surface area contributed by atoms with Gasteiger partial charge in [0.2, 0.25) is 7.28 Å². The van der Waals surface area contributed by atoms with Crippen molar-refractivity contribution in [1.82, 2.24) is 0 Å². The van der Waals surface area contributed by atoms with Gasteiger partial charge >= 0.3 is 0 Å². The fourth-order valence-corrected chi connectivity index (χ4v) is 2.02. The molecule has 0 N–H and O–H groups in total. The molecule has 0 heterocycles. The van der Waals surface area contributed by atoms with Crippen LogP contribution in [0.1, 0.15) is 11.1 Å². The molecule has 0 radical (unpaired) electrons. The quantitative estimate of drug-likeness (QED) is 0.453. The maximum atomic E-state index is 13.8. The van der Waals surface area contributed by atoms with Crippen LogP contribution in [-0.4, -0.2) is 7.28 Å². The summed E-state index contributed by atoms with van der Waals surface area (Å²) in [5, 5.41) is 0. The van der Waals surface area contributed by atoms with E-state index in [0.29, 0.717) is 6.07 Å². The van der Waals surface area contributed by atoms with E-state index in [1.165, 1.54) is 0 Å². The third-order valence-corrected chi connectivity index (χ3v) is 3.42. The van der Waals surface area contributed by atoms with Crippen molar-refractivity contribution < 1.29 is 30.7 Å². The highest BCUT2D eigenvalue weighted by Crippen LogP contribution is 2.17. The fraction of sp³-hybridized carbons (Fsp3) is 0.143. The predicted molar refractivity (Wildman–Crippen MR) is 68.5 cm³/mol. The topological polar surface area (TPSA) is 0 Å². The van der Waals surface area contributed by atoms with Gasteiger partial charge in [0, 0.05) is 17.2 Å². The van der Waals surface area contributed by atoms with E-state index in [1.54, 1.807) is 0 Å². The lowest BCUT2D eigenvalue weighted by Gasteiger charge is -2.11. The van der Waals surface area contributed by atoms with E-state index >= 15 is 0 Å². The van der Waals surface area contributed by atoms with Crippen molar-refractivity contribution in [3.8, 4) is 0 Å². The van der Waals surface area contributed by atoms with Crippen molar-refractivity contribution in [3.63, 3.8) is 0 Å². The number of benzene rings is 2. The van der Waals surface area contributed by atoms with E-state index in [4.69, 9.17) is 0 Å². The van der Waals surface area contributed by atoms with Gasteiger partial charge < -0.3 is 0 Å². The molecule has 22 heavy (non-hydrogen) atoms. The summed E-state index contributed by atoms with van der Waals surface area (Å²) in [5.41, 5.74) is -3.48. The van der Waals surface area contributed by atoms with E-state index in [1.807, 2.05) is 0 Å². The summed E-state index contributed by atoms with van der Waals surface area (Å²) in [6, 6.07) is 0.338. The van der Waals surface area contributed by atoms with E-state index in [9.17, 15) is 30.7 Å². The van der Waals surface area contributed by atoms with Gasteiger partial charge in [-0.05, 0) is 24.8 Å². The summed E-state index contributed by atoms with van der Waals surface area (Å²) in [4.78, 5) is 0. The maximum Gasteiger partial charge on any atom is 0.208 e. The van der Waals surface area contributed by atoms with Gasteiger partial charge in [0.05, 0.1) is 0 Å². The number of rotatable bonds is 2. The Hall–Kier alpha value is -1.99. The molecule has 0 spiro atoms. The molecule has 116 valence electrons. The smallest absolute Gasteiger partial charge is 0.207 e. The molecule has 0 unspecified atom stereocenters. The van der Waals surface area contributed by atoms with Gasteiger partial charge in [-0.1, -0.05) is 0 Å². The zero-order chi connectivity index (χ0) is 16.8. The molecule has 0 saturated heterocycles. The molecule has 0 aliphatic carbocycles. The molecule has 2 aromatic rings. The van der Waals surface area contributed by atoms with Crippen molar-refractivity contribution in [2.24, 2.45) is 0 Å². The first-order valence-corrected chi connectivity index (χ1v) is 6.11. The average molecular weight is 320 g/mol. The second kappa shape index (κ2) is 5.66. The van der Waals surface area contributed by atoms with E-state index < -0.39 is 70.1 Å². The average Bonchev–Trinajstić information content (AvgIpc) is 2.48. The van der Waals surface area contributed by atoms with E-state index in [0.717, 1.165) is 13.8 Å². The summed E-state index contributed by atoms with van der Waals surface area (Å²) in [6.07, 6.45) is 0. The minimum Gasteiger partial charge on any atom is -0.207 e. The van der Waals surface area contributed by atoms with Gasteiger partial charge in [-0.3, -0.25) is 0 Å². The van der Waals surface area contributed by atoms with Crippen LogP contribution in [0, 0.1) is 54.6 Å². The summed E-state index contributed by atoms with van der Waals surface area (Å²) >= 11 is 0. The van der Waals surface area contributed by atoms with Crippen LogP contribution >= 0.6 is 0 Å². The maximum absolute atomic E-state index is 13.8. The highest BCUT2D eigenvalue weighted by Gasteiger charge is 2.26. The predicted octanol–water partition coefficient (Wildman–Crippen LogP) is 2.66. The molecule has 0 amide bonds. The largest absolute Gasteiger partial charge is 0.208 e. The molecule has 0 fully saturated rings. The first kappa shape index (κ1) is 16.4. The summed E-state index contributed by atoms with van der Waals surface area (Å²) in [7, 11) is -1.09. The van der Waals surface area contributed by atoms with Gasteiger partial charge in [-0.25, -0.2) is 30.7 Å². The Morgan fingerprint density at radius 1 is 0.591 bits per heavy atom. The fourth-order valence-electron chi connectivity index (χ4n) is 2.02. The van der Waals surface area contributed by atoms with Gasteiger partial charge in [0.15, 0.2) is 23.3 Å². The molecule has 0 aromatic heterocycles. The number of hydrogen-bond donors (Lipinski definition) is 0. The Kier molecular flexibility index (Phi) is 4.22. The third-order valence-electron chi connectivity index (χ3n) is 3.42. The molecular weight excluding hydrogens is 312 g/mol. The monoisotopic (exact) mass is 320 g/mol. The highest BCUT2D eigenvalue weighted by molar-refractivity contribution is 6.67. The van der Waals surface area contributed by atoms with Crippen molar-refractivity contribution in [1.29, 1.82) is 0 Å². The molecule has 0 aliphatic heterocycles. The van der Waals surface area contributed by atoms with Gasteiger partial charge in [-0.15, -0.1) is 0 Å². The lowest BCUT2D eigenvalue weighted by atomic mass is 9.62. The first-order chi connectivity index (χ1) is 10.2. The third kappa shape index (κ3) is 2.46. The number of hydrogen-bond acceptors (Lipinski definition) is 0. The molecule has 0 nitrogen and oxygen atoms in total. The van der Waals surface area contributed by atoms with Gasteiger partial charge in [0.25, 0.3) is 0 Å². The Morgan fingerprint density at radius 3 is 1.59 bits per heavy atom. The number of halogens is 7. The molecule has 0 aliphatic rings. The zero-order valence-electron chi connectivity index (χ0n) is 11.4. The Morgan fingerprint density at radius 2 is 1.09 bits per heavy atom. The zero-order valence-corrected chi connectivity index (χ0v) is 11.4. The minimum atomic E-state index is -1.74. The Balaban J connectivity index is 2.66. The molecule has 0 saturated carbocycles. The van der Waals surface area contributed by atoms with Crippen molar-refractivity contribution in [2.75, 3.05) is 0 Å². The molecular formula is C14H8BF7. The Labute approximate surface area is 121 Å². The van der Waals surface area contributed by atoms with Gasteiger partial charge in [-0.2, -0.15) is 0 Å². The van der Waals surface area contributed by atoms with Crippen molar-refractivity contribution in [3.05, 3.63) is 57.9 Å². The highest BCUT2D eigenvalue weighted by atomic mass is 19.2. The van der Waals surface area contributed by atoms with Crippen LogP contribution in [0.15, 0.2) is 6.07 Å². The van der Waals surface area contributed by atoms with Crippen LogP contribution in [0.4, 0.5) is 30.7 Å². The second-order valence-electron chi connectivity index (χ2n) is 4.79. The van der Waals surface area contributed by atoms with Crippen molar-refractivity contribution >= 4 is 18.2 Å². The first-order valence-electron chi connectivity index (χ1n) is 6.11. The lowest BCUT2D eigenvalue weighted by Crippen LogP contribution is -2.38. The summed E-state index contributed by atoms with van der Waals surface area (Å²) in [6.45, 7) is 1.82. The molecule has 2 aromatic carbocycles. The van der Waals surface area contributed by atoms with Crippen LogP contribution in [0.25, 0.3) is 0 Å². The molecule has 0 bridgehead atoms. The minimum absolute atomic E-state index is 0.338. The lowest BCUT2D eigenvalue weighted by molar-refractivity contribution is 0.454. The normalized spacial score (nSPS) is 11.0.